The highest BCUT2D eigenvalue weighted by atomic mass is 16.2. The molecule has 1 saturated heterocycles. The molecule has 2 unspecified atom stereocenters. The van der Waals surface area contributed by atoms with Gasteiger partial charge in [0.25, 0.3) is 0 Å². The fraction of sp³-hybridized carbons (Fsp3) is 0.938. The molecule has 0 spiro atoms. The molecule has 0 aromatic carbocycles. The summed E-state index contributed by atoms with van der Waals surface area (Å²) in [6.45, 7) is 18.0. The zero-order valence-corrected chi connectivity index (χ0v) is 13.7. The minimum Gasteiger partial charge on any atom is -0.340 e. The van der Waals surface area contributed by atoms with E-state index in [9.17, 15) is 4.79 Å². The number of amides is 1. The zero-order chi connectivity index (χ0) is 14.5. The molecule has 0 aliphatic carbocycles. The Morgan fingerprint density at radius 2 is 1.44 bits per heavy atom. The monoisotopic (exact) mass is 253 g/mol. The van der Waals surface area contributed by atoms with E-state index in [-0.39, 0.29) is 16.9 Å². The van der Waals surface area contributed by atoms with Gasteiger partial charge < -0.3 is 4.90 Å². The number of hydrogen-bond acceptors (Lipinski definition) is 1. The maximum Gasteiger partial charge on any atom is 0.226 e. The number of likely N-dealkylation sites (tertiary alicyclic amines) is 1. The number of hydrogen-bond donors (Lipinski definition) is 0. The Kier molecular flexibility index (Phi) is 3.92. The summed E-state index contributed by atoms with van der Waals surface area (Å²) >= 11 is 0. The Hall–Kier alpha value is -0.530. The molecule has 0 saturated carbocycles. The predicted molar refractivity (Wildman–Crippen MR) is 77.3 cm³/mol. The quantitative estimate of drug-likeness (QED) is 0.733. The van der Waals surface area contributed by atoms with E-state index in [1.165, 1.54) is 0 Å². The first-order valence-electron chi connectivity index (χ1n) is 7.24. The van der Waals surface area contributed by atoms with Crippen LogP contribution in [0.1, 0.15) is 55.4 Å². The van der Waals surface area contributed by atoms with Crippen molar-refractivity contribution in [1.29, 1.82) is 0 Å². The smallest absolute Gasteiger partial charge is 0.226 e. The molecule has 0 radical (unpaired) electrons. The summed E-state index contributed by atoms with van der Waals surface area (Å²) in [5.74, 6) is 1.86. The number of carbonyl (C=O) groups is 1. The van der Waals surface area contributed by atoms with E-state index in [1.807, 2.05) is 11.9 Å². The summed E-state index contributed by atoms with van der Waals surface area (Å²) in [6.07, 6.45) is 0. The largest absolute Gasteiger partial charge is 0.340 e. The third-order valence-electron chi connectivity index (χ3n) is 5.69. The average Bonchev–Trinajstić information content (AvgIpc) is 2.20. The van der Waals surface area contributed by atoms with Crippen molar-refractivity contribution in [3.8, 4) is 0 Å². The molecular weight excluding hydrogens is 222 g/mol. The van der Waals surface area contributed by atoms with Gasteiger partial charge >= 0.3 is 0 Å². The van der Waals surface area contributed by atoms with Gasteiger partial charge in [-0.1, -0.05) is 41.5 Å². The van der Waals surface area contributed by atoms with Gasteiger partial charge in [0.2, 0.25) is 5.91 Å². The van der Waals surface area contributed by atoms with Crippen molar-refractivity contribution >= 4 is 5.91 Å². The van der Waals surface area contributed by atoms with Crippen molar-refractivity contribution in [2.75, 3.05) is 7.05 Å². The van der Waals surface area contributed by atoms with Crippen LogP contribution in [0.4, 0.5) is 0 Å². The van der Waals surface area contributed by atoms with Crippen molar-refractivity contribution < 1.29 is 4.79 Å². The molecule has 1 fully saturated rings. The SMILES string of the molecule is CC(C)C1C(=O)N(C)C(C)(C)C(C)(C)C1C(C)C. The molecule has 0 N–H and O–H groups in total. The second-order valence-corrected chi connectivity index (χ2v) is 7.72. The van der Waals surface area contributed by atoms with Crippen molar-refractivity contribution in [1.82, 2.24) is 4.90 Å². The van der Waals surface area contributed by atoms with Crippen LogP contribution in [-0.4, -0.2) is 23.4 Å². The van der Waals surface area contributed by atoms with Gasteiger partial charge in [-0.25, -0.2) is 0 Å². The minimum absolute atomic E-state index is 0.0928. The van der Waals surface area contributed by atoms with Crippen molar-refractivity contribution in [3.63, 3.8) is 0 Å². The minimum atomic E-state index is -0.0928. The van der Waals surface area contributed by atoms with Gasteiger partial charge in [-0.05, 0) is 37.0 Å². The molecule has 0 aromatic rings. The molecule has 1 heterocycles. The maximum absolute atomic E-state index is 12.7. The molecular formula is C16H31NO. The summed E-state index contributed by atoms with van der Waals surface area (Å²) in [5.41, 5.74) is 0.0309. The van der Waals surface area contributed by atoms with E-state index < -0.39 is 0 Å². The summed E-state index contributed by atoms with van der Waals surface area (Å²) in [6, 6.07) is 0. The zero-order valence-electron chi connectivity index (χ0n) is 13.7. The fourth-order valence-electron chi connectivity index (χ4n) is 3.89. The molecule has 106 valence electrons. The van der Waals surface area contributed by atoms with Gasteiger partial charge in [0.05, 0.1) is 0 Å². The number of nitrogens with zero attached hydrogens (tertiary/aromatic N) is 1. The Morgan fingerprint density at radius 3 is 1.78 bits per heavy atom. The summed E-state index contributed by atoms with van der Waals surface area (Å²) in [4.78, 5) is 14.7. The van der Waals surface area contributed by atoms with Gasteiger partial charge in [-0.3, -0.25) is 4.79 Å². The Bertz CT molecular complexity index is 328. The molecule has 2 heteroatoms. The van der Waals surface area contributed by atoms with Gasteiger partial charge in [0.1, 0.15) is 0 Å². The Labute approximate surface area is 113 Å². The summed E-state index contributed by atoms with van der Waals surface area (Å²) in [7, 11) is 1.97. The second kappa shape index (κ2) is 4.54. The topological polar surface area (TPSA) is 20.3 Å². The van der Waals surface area contributed by atoms with Crippen LogP contribution in [0.25, 0.3) is 0 Å². The second-order valence-electron chi connectivity index (χ2n) is 7.72. The first-order chi connectivity index (χ1) is 7.96. The van der Waals surface area contributed by atoms with E-state index in [2.05, 4.69) is 55.4 Å². The third kappa shape index (κ3) is 1.98. The standard InChI is InChI=1S/C16H31NO/c1-10(2)12-13(11(3)4)15(5,6)16(7,8)17(9)14(12)18/h10-13H,1-9H3. The molecule has 0 bridgehead atoms. The average molecular weight is 253 g/mol. The van der Waals surface area contributed by atoms with Crippen molar-refractivity contribution in [3.05, 3.63) is 0 Å². The third-order valence-corrected chi connectivity index (χ3v) is 5.69. The van der Waals surface area contributed by atoms with Crippen LogP contribution in [0.5, 0.6) is 0 Å². The first kappa shape index (κ1) is 15.5. The first-order valence-corrected chi connectivity index (χ1v) is 7.24. The summed E-state index contributed by atoms with van der Waals surface area (Å²) < 4.78 is 0. The number of piperidine rings is 1. The normalized spacial score (nSPS) is 31.3. The fourth-order valence-corrected chi connectivity index (χ4v) is 3.89. The van der Waals surface area contributed by atoms with E-state index in [0.717, 1.165) is 0 Å². The van der Waals surface area contributed by atoms with E-state index in [4.69, 9.17) is 0 Å². The Balaban J connectivity index is 3.36. The van der Waals surface area contributed by atoms with E-state index >= 15 is 0 Å². The maximum atomic E-state index is 12.7. The van der Waals surface area contributed by atoms with Crippen LogP contribution >= 0.6 is 0 Å². The molecule has 2 atom stereocenters. The lowest BCUT2D eigenvalue weighted by molar-refractivity contribution is -0.172. The predicted octanol–water partition coefficient (Wildman–Crippen LogP) is 3.81. The molecule has 1 rings (SSSR count). The molecule has 0 aromatic heterocycles. The lowest BCUT2D eigenvalue weighted by Gasteiger charge is -2.60. The van der Waals surface area contributed by atoms with Crippen LogP contribution in [0.15, 0.2) is 0 Å². The highest BCUT2D eigenvalue weighted by Gasteiger charge is 2.57. The van der Waals surface area contributed by atoms with Crippen LogP contribution < -0.4 is 0 Å². The molecule has 1 amide bonds. The van der Waals surface area contributed by atoms with Crippen LogP contribution in [-0.2, 0) is 4.79 Å². The molecule has 18 heavy (non-hydrogen) atoms. The number of rotatable bonds is 2. The van der Waals surface area contributed by atoms with E-state index in [0.29, 0.717) is 23.7 Å². The molecule has 2 nitrogen and oxygen atoms in total. The van der Waals surface area contributed by atoms with Gasteiger partial charge in [-0.2, -0.15) is 0 Å². The van der Waals surface area contributed by atoms with Crippen molar-refractivity contribution in [2.24, 2.45) is 29.1 Å². The summed E-state index contributed by atoms with van der Waals surface area (Å²) in [5, 5.41) is 0. The highest BCUT2D eigenvalue weighted by Crippen LogP contribution is 2.53. The van der Waals surface area contributed by atoms with Gasteiger partial charge in [-0.15, -0.1) is 0 Å². The molecule has 1 aliphatic rings. The number of carbonyl (C=O) groups excluding carboxylic acids is 1. The van der Waals surface area contributed by atoms with Crippen LogP contribution in [0.2, 0.25) is 0 Å². The van der Waals surface area contributed by atoms with Crippen LogP contribution in [0.3, 0.4) is 0 Å². The molecule has 1 aliphatic heterocycles. The lowest BCUT2D eigenvalue weighted by atomic mass is 9.53. The van der Waals surface area contributed by atoms with Crippen LogP contribution in [0, 0.1) is 29.1 Å². The van der Waals surface area contributed by atoms with Crippen molar-refractivity contribution in [2.45, 2.75) is 60.9 Å². The lowest BCUT2D eigenvalue weighted by Crippen LogP contribution is -2.66. The van der Waals surface area contributed by atoms with Gasteiger partial charge in [0.15, 0.2) is 0 Å². The van der Waals surface area contributed by atoms with E-state index in [1.54, 1.807) is 0 Å². The Morgan fingerprint density at radius 1 is 1.00 bits per heavy atom. The highest BCUT2D eigenvalue weighted by molar-refractivity contribution is 5.81. The van der Waals surface area contributed by atoms with Gasteiger partial charge in [0, 0.05) is 18.5 Å².